The second-order valence-electron chi connectivity index (χ2n) is 3.87. The standard InChI is InChI=1S/C11H13ClN2O3S2/c12-11-2-1-9(18-11)3-4-14-19(16,17)10-5-8(7-15)13-6-10/h1-2,5-6,13-15H,3-4,7H2. The molecule has 2 rings (SSSR count). The molecule has 5 nitrogen and oxygen atoms in total. The van der Waals surface area contributed by atoms with Gasteiger partial charge in [0.1, 0.15) is 0 Å². The topological polar surface area (TPSA) is 82.2 Å². The average Bonchev–Trinajstić information content (AvgIpc) is 2.98. The monoisotopic (exact) mass is 320 g/mol. The molecule has 0 saturated carbocycles. The first-order chi connectivity index (χ1) is 9.01. The molecule has 0 aliphatic rings. The van der Waals surface area contributed by atoms with E-state index in [1.807, 2.05) is 6.07 Å². The van der Waals surface area contributed by atoms with Crippen LogP contribution in [-0.2, 0) is 23.1 Å². The maximum Gasteiger partial charge on any atom is 0.242 e. The lowest BCUT2D eigenvalue weighted by Crippen LogP contribution is -2.25. The fourth-order valence-corrected chi connectivity index (χ4v) is 3.68. The SMILES string of the molecule is O=S(=O)(NCCc1ccc(Cl)s1)c1c[nH]c(CO)c1. The van der Waals surface area contributed by atoms with Crippen LogP contribution < -0.4 is 4.72 Å². The van der Waals surface area contributed by atoms with Gasteiger partial charge in [-0.2, -0.15) is 0 Å². The van der Waals surface area contributed by atoms with Crippen LogP contribution in [0.15, 0.2) is 29.3 Å². The Morgan fingerprint density at radius 1 is 1.42 bits per heavy atom. The maximum absolute atomic E-state index is 11.9. The zero-order valence-corrected chi connectivity index (χ0v) is 12.3. The van der Waals surface area contributed by atoms with Crippen molar-refractivity contribution in [1.82, 2.24) is 9.71 Å². The van der Waals surface area contributed by atoms with Gasteiger partial charge in [-0.15, -0.1) is 11.3 Å². The zero-order chi connectivity index (χ0) is 13.9. The van der Waals surface area contributed by atoms with Crippen molar-refractivity contribution in [1.29, 1.82) is 0 Å². The van der Waals surface area contributed by atoms with Crippen molar-refractivity contribution in [3.8, 4) is 0 Å². The Labute approximate surface area is 120 Å². The second-order valence-corrected chi connectivity index (χ2v) is 7.44. The fraction of sp³-hybridized carbons (Fsp3) is 0.273. The van der Waals surface area contributed by atoms with Crippen molar-refractivity contribution in [3.05, 3.63) is 39.3 Å². The Morgan fingerprint density at radius 3 is 2.79 bits per heavy atom. The van der Waals surface area contributed by atoms with Crippen LogP contribution in [-0.4, -0.2) is 25.1 Å². The van der Waals surface area contributed by atoms with Gasteiger partial charge < -0.3 is 10.1 Å². The molecule has 0 spiro atoms. The lowest BCUT2D eigenvalue weighted by Gasteiger charge is -2.03. The molecule has 0 aliphatic carbocycles. The quantitative estimate of drug-likeness (QED) is 0.758. The number of hydrogen-bond acceptors (Lipinski definition) is 4. The molecule has 2 aromatic rings. The molecule has 0 radical (unpaired) electrons. The average molecular weight is 321 g/mol. The Morgan fingerprint density at radius 2 is 2.21 bits per heavy atom. The molecular formula is C11H13ClN2O3S2. The highest BCUT2D eigenvalue weighted by atomic mass is 35.5. The fourth-order valence-electron chi connectivity index (χ4n) is 1.54. The van der Waals surface area contributed by atoms with E-state index in [2.05, 4.69) is 9.71 Å². The number of rotatable bonds is 6. The van der Waals surface area contributed by atoms with E-state index in [-0.39, 0.29) is 11.5 Å². The van der Waals surface area contributed by atoms with Crippen LogP contribution in [0.4, 0.5) is 0 Å². The Bertz CT molecular complexity index is 648. The second kappa shape index (κ2) is 6.06. The molecule has 0 aliphatic heterocycles. The summed E-state index contributed by atoms with van der Waals surface area (Å²) < 4.78 is 27.0. The van der Waals surface area contributed by atoms with E-state index in [1.54, 1.807) is 6.07 Å². The van der Waals surface area contributed by atoms with Gasteiger partial charge in [-0.1, -0.05) is 11.6 Å². The number of hydrogen-bond donors (Lipinski definition) is 3. The van der Waals surface area contributed by atoms with Crippen molar-refractivity contribution in [2.24, 2.45) is 0 Å². The Hall–Kier alpha value is -0.860. The van der Waals surface area contributed by atoms with Crippen LogP contribution in [0.1, 0.15) is 10.6 Å². The molecule has 8 heteroatoms. The van der Waals surface area contributed by atoms with Crippen LogP contribution in [0.5, 0.6) is 0 Å². The van der Waals surface area contributed by atoms with Gasteiger partial charge in [0.15, 0.2) is 0 Å². The van der Waals surface area contributed by atoms with Crippen LogP contribution in [0.3, 0.4) is 0 Å². The molecule has 19 heavy (non-hydrogen) atoms. The number of thiophene rings is 1. The number of aromatic amines is 1. The van der Waals surface area contributed by atoms with Gasteiger partial charge in [0.2, 0.25) is 10.0 Å². The van der Waals surface area contributed by atoms with Crippen molar-refractivity contribution in [3.63, 3.8) is 0 Å². The summed E-state index contributed by atoms with van der Waals surface area (Å²) in [6.07, 6.45) is 1.95. The first-order valence-corrected chi connectivity index (χ1v) is 8.21. The summed E-state index contributed by atoms with van der Waals surface area (Å²) in [6, 6.07) is 5.07. The summed E-state index contributed by atoms with van der Waals surface area (Å²) in [6.45, 7) is 0.0853. The molecular weight excluding hydrogens is 308 g/mol. The highest BCUT2D eigenvalue weighted by Crippen LogP contribution is 2.21. The minimum atomic E-state index is -3.53. The van der Waals surface area contributed by atoms with E-state index in [0.717, 1.165) is 4.88 Å². The number of sulfonamides is 1. The zero-order valence-electron chi connectivity index (χ0n) is 9.89. The van der Waals surface area contributed by atoms with Gasteiger partial charge in [-0.05, 0) is 24.6 Å². The number of nitrogens with one attached hydrogen (secondary N) is 2. The third kappa shape index (κ3) is 3.80. The predicted octanol–water partition coefficient (Wildman–Crippen LogP) is 1.74. The lowest BCUT2D eigenvalue weighted by molar-refractivity contribution is 0.277. The van der Waals surface area contributed by atoms with E-state index in [0.29, 0.717) is 23.0 Å². The molecule has 0 saturated heterocycles. The van der Waals surface area contributed by atoms with Crippen LogP contribution in [0.25, 0.3) is 0 Å². The van der Waals surface area contributed by atoms with Crippen LogP contribution in [0.2, 0.25) is 4.34 Å². The molecule has 0 amide bonds. The van der Waals surface area contributed by atoms with E-state index in [4.69, 9.17) is 16.7 Å². The number of aliphatic hydroxyl groups is 1. The summed E-state index contributed by atoms with van der Waals surface area (Å²) in [4.78, 5) is 3.84. The molecule has 0 bridgehead atoms. The summed E-state index contributed by atoms with van der Waals surface area (Å²) in [5.74, 6) is 0. The molecule has 0 aromatic carbocycles. The molecule has 0 unspecified atom stereocenters. The number of halogens is 1. The largest absolute Gasteiger partial charge is 0.390 e. The first-order valence-electron chi connectivity index (χ1n) is 5.53. The molecule has 0 atom stereocenters. The highest BCUT2D eigenvalue weighted by Gasteiger charge is 2.15. The van der Waals surface area contributed by atoms with Crippen LogP contribution >= 0.6 is 22.9 Å². The van der Waals surface area contributed by atoms with E-state index in [1.165, 1.54) is 23.6 Å². The van der Waals surface area contributed by atoms with E-state index in [9.17, 15) is 8.42 Å². The van der Waals surface area contributed by atoms with E-state index >= 15 is 0 Å². The summed E-state index contributed by atoms with van der Waals surface area (Å²) in [5, 5.41) is 8.89. The van der Waals surface area contributed by atoms with Gasteiger partial charge in [-0.25, -0.2) is 13.1 Å². The summed E-state index contributed by atoms with van der Waals surface area (Å²) in [7, 11) is -3.53. The van der Waals surface area contributed by atoms with Crippen molar-refractivity contribution >= 4 is 33.0 Å². The summed E-state index contributed by atoms with van der Waals surface area (Å²) in [5.41, 5.74) is 0.463. The molecule has 2 aromatic heterocycles. The Balaban J connectivity index is 1.94. The third-order valence-electron chi connectivity index (χ3n) is 2.49. The van der Waals surface area contributed by atoms with Gasteiger partial charge >= 0.3 is 0 Å². The van der Waals surface area contributed by atoms with Gasteiger partial charge in [0.25, 0.3) is 0 Å². The van der Waals surface area contributed by atoms with Crippen molar-refractivity contribution in [2.45, 2.75) is 17.9 Å². The highest BCUT2D eigenvalue weighted by molar-refractivity contribution is 7.89. The summed E-state index contributed by atoms with van der Waals surface area (Å²) >= 11 is 7.23. The van der Waals surface area contributed by atoms with Crippen LogP contribution in [0, 0.1) is 0 Å². The first kappa shape index (κ1) is 14.5. The minimum Gasteiger partial charge on any atom is -0.390 e. The Kier molecular flexibility index (Phi) is 4.64. The smallest absolute Gasteiger partial charge is 0.242 e. The third-order valence-corrected chi connectivity index (χ3v) is 5.22. The number of aromatic nitrogens is 1. The molecule has 0 fully saturated rings. The lowest BCUT2D eigenvalue weighted by atomic mass is 10.3. The van der Waals surface area contributed by atoms with Gasteiger partial charge in [0, 0.05) is 23.3 Å². The maximum atomic E-state index is 11.9. The minimum absolute atomic E-state index is 0.126. The molecule has 104 valence electrons. The van der Waals surface area contributed by atoms with Crippen molar-refractivity contribution in [2.75, 3.05) is 6.54 Å². The predicted molar refractivity (Wildman–Crippen MR) is 74.9 cm³/mol. The number of aliphatic hydroxyl groups excluding tert-OH is 1. The molecule has 2 heterocycles. The normalized spacial score (nSPS) is 11.9. The van der Waals surface area contributed by atoms with E-state index < -0.39 is 10.0 Å². The molecule has 3 N–H and O–H groups in total. The van der Waals surface area contributed by atoms with Gasteiger partial charge in [0.05, 0.1) is 15.8 Å². The van der Waals surface area contributed by atoms with Gasteiger partial charge in [-0.3, -0.25) is 0 Å². The number of H-pyrrole nitrogens is 1. The van der Waals surface area contributed by atoms with Crippen molar-refractivity contribution < 1.29 is 13.5 Å².